The van der Waals surface area contributed by atoms with Crippen molar-refractivity contribution in [2.75, 3.05) is 7.11 Å². The highest BCUT2D eigenvalue weighted by Gasteiger charge is 2.40. The molecule has 0 spiro atoms. The van der Waals surface area contributed by atoms with Crippen LogP contribution in [0.5, 0.6) is 5.75 Å². The second-order valence-corrected chi connectivity index (χ2v) is 7.70. The first-order valence-electron chi connectivity index (χ1n) is 9.65. The lowest BCUT2D eigenvalue weighted by Gasteiger charge is -2.37. The highest BCUT2D eigenvalue weighted by atomic mass is 16.5. The van der Waals surface area contributed by atoms with Crippen LogP contribution in [0.25, 0.3) is 0 Å². The third-order valence-electron chi connectivity index (χ3n) is 5.56. The number of carbonyl (C=O) groups is 1. The predicted octanol–water partition coefficient (Wildman–Crippen LogP) is 4.17. The van der Waals surface area contributed by atoms with E-state index in [-0.39, 0.29) is 5.91 Å². The fourth-order valence-electron chi connectivity index (χ4n) is 3.80. The molecule has 1 unspecified atom stereocenters. The number of ether oxygens (including phenoxy) is 2. The summed E-state index contributed by atoms with van der Waals surface area (Å²) in [5.74, 6) is 1.79. The second-order valence-electron chi connectivity index (χ2n) is 7.70. The zero-order valence-corrected chi connectivity index (χ0v) is 15.7. The number of rotatable bonds is 7. The average molecular weight is 345 g/mol. The van der Waals surface area contributed by atoms with E-state index in [9.17, 15) is 4.79 Å². The number of hydrogen-bond acceptors (Lipinski definition) is 3. The maximum Gasteiger partial charge on any atom is 0.251 e. The van der Waals surface area contributed by atoms with Crippen molar-refractivity contribution < 1.29 is 14.3 Å². The summed E-state index contributed by atoms with van der Waals surface area (Å²) in [6.07, 6.45) is 6.67. The van der Waals surface area contributed by atoms with Crippen molar-refractivity contribution in [3.8, 4) is 5.75 Å². The summed E-state index contributed by atoms with van der Waals surface area (Å²) in [5, 5.41) is 0. The molecule has 0 radical (unpaired) electrons. The smallest absolute Gasteiger partial charge is 0.251 e. The van der Waals surface area contributed by atoms with Crippen LogP contribution in [-0.2, 0) is 16.1 Å². The Morgan fingerprint density at radius 2 is 1.80 bits per heavy atom. The van der Waals surface area contributed by atoms with Crippen molar-refractivity contribution in [2.45, 2.75) is 77.2 Å². The highest BCUT2D eigenvalue weighted by molar-refractivity contribution is 5.81. The van der Waals surface area contributed by atoms with E-state index in [1.54, 1.807) is 7.11 Å². The Morgan fingerprint density at radius 1 is 1.16 bits per heavy atom. The van der Waals surface area contributed by atoms with Crippen molar-refractivity contribution >= 4 is 5.91 Å². The van der Waals surface area contributed by atoms with Gasteiger partial charge in [-0.1, -0.05) is 19.1 Å². The topological polar surface area (TPSA) is 38.8 Å². The number of nitrogens with zero attached hydrogens (tertiary/aromatic N) is 1. The van der Waals surface area contributed by atoms with Crippen LogP contribution in [0.4, 0.5) is 0 Å². The van der Waals surface area contributed by atoms with Gasteiger partial charge in [-0.25, -0.2) is 0 Å². The van der Waals surface area contributed by atoms with E-state index in [1.165, 1.54) is 12.8 Å². The molecular weight excluding hydrogens is 314 g/mol. The van der Waals surface area contributed by atoms with E-state index in [0.717, 1.165) is 42.9 Å². The van der Waals surface area contributed by atoms with Crippen LogP contribution in [0.1, 0.15) is 57.9 Å². The molecule has 1 atom stereocenters. The van der Waals surface area contributed by atoms with E-state index in [1.807, 2.05) is 31.2 Å². The van der Waals surface area contributed by atoms with Crippen molar-refractivity contribution in [1.29, 1.82) is 0 Å². The molecule has 4 nitrogen and oxygen atoms in total. The molecular formula is C21H31NO3. The van der Waals surface area contributed by atoms with E-state index >= 15 is 0 Å². The normalized spacial score (nSPS) is 24.6. The van der Waals surface area contributed by atoms with Gasteiger partial charge in [0.2, 0.25) is 0 Å². The summed E-state index contributed by atoms with van der Waals surface area (Å²) in [7, 11) is 1.66. The molecule has 0 aliphatic heterocycles. The quantitative estimate of drug-likeness (QED) is 0.744. The maximum absolute atomic E-state index is 13.0. The lowest BCUT2D eigenvalue weighted by molar-refractivity contribution is -0.147. The molecule has 0 aromatic heterocycles. The van der Waals surface area contributed by atoms with Crippen LogP contribution < -0.4 is 4.74 Å². The van der Waals surface area contributed by atoms with Crippen molar-refractivity contribution in [2.24, 2.45) is 5.92 Å². The number of hydrogen-bond donors (Lipinski definition) is 0. The lowest BCUT2D eigenvalue weighted by atomic mass is 9.86. The Kier molecular flexibility index (Phi) is 6.00. The third kappa shape index (κ3) is 4.75. The first kappa shape index (κ1) is 18.2. The molecule has 2 aliphatic carbocycles. The molecule has 0 N–H and O–H groups in total. The van der Waals surface area contributed by atoms with Crippen LogP contribution in [0.3, 0.4) is 0 Å². The molecule has 0 bridgehead atoms. The summed E-state index contributed by atoms with van der Waals surface area (Å²) in [4.78, 5) is 15.2. The standard InChI is InChI=1S/C21H31NO3/c1-15-7-9-18(10-8-15)22(19-11-12-19)21(23)16(2)25-14-17-5-4-6-20(13-17)24-3/h4-6,13,15-16,18-19H,7-12,14H2,1-3H3. The molecule has 1 aromatic rings. The van der Waals surface area contributed by atoms with Crippen molar-refractivity contribution in [1.82, 2.24) is 4.90 Å². The van der Waals surface area contributed by atoms with Crippen molar-refractivity contribution in [3.63, 3.8) is 0 Å². The third-order valence-corrected chi connectivity index (χ3v) is 5.56. The van der Waals surface area contributed by atoms with Gasteiger partial charge in [0.25, 0.3) is 5.91 Å². The minimum Gasteiger partial charge on any atom is -0.497 e. The molecule has 2 saturated carbocycles. The zero-order chi connectivity index (χ0) is 17.8. The lowest BCUT2D eigenvalue weighted by Crippen LogP contribution is -2.48. The van der Waals surface area contributed by atoms with Crippen LogP contribution in [-0.4, -0.2) is 36.1 Å². The summed E-state index contributed by atoms with van der Waals surface area (Å²) >= 11 is 0. The minimum atomic E-state index is -0.397. The van der Waals surface area contributed by atoms with Gasteiger partial charge in [0, 0.05) is 12.1 Å². The first-order chi connectivity index (χ1) is 12.1. The molecule has 1 amide bonds. The largest absolute Gasteiger partial charge is 0.497 e. The van der Waals surface area contributed by atoms with Crippen LogP contribution in [0, 0.1) is 5.92 Å². The van der Waals surface area contributed by atoms with Crippen LogP contribution in [0.15, 0.2) is 24.3 Å². The first-order valence-corrected chi connectivity index (χ1v) is 9.65. The number of methoxy groups -OCH3 is 1. The molecule has 4 heteroatoms. The Morgan fingerprint density at radius 3 is 2.40 bits per heavy atom. The Labute approximate surface area is 151 Å². The monoisotopic (exact) mass is 345 g/mol. The second kappa shape index (κ2) is 8.22. The fourth-order valence-corrected chi connectivity index (χ4v) is 3.80. The highest BCUT2D eigenvalue weighted by Crippen LogP contribution is 2.35. The Hall–Kier alpha value is -1.55. The van der Waals surface area contributed by atoms with Crippen molar-refractivity contribution in [3.05, 3.63) is 29.8 Å². The summed E-state index contributed by atoms with van der Waals surface area (Å²) in [5.41, 5.74) is 1.03. The van der Waals surface area contributed by atoms with Gasteiger partial charge in [-0.15, -0.1) is 0 Å². The predicted molar refractivity (Wildman–Crippen MR) is 98.5 cm³/mol. The van der Waals surface area contributed by atoms with E-state index in [4.69, 9.17) is 9.47 Å². The molecule has 138 valence electrons. The molecule has 1 aromatic carbocycles. The van der Waals surface area contributed by atoms with Gasteiger partial charge >= 0.3 is 0 Å². The van der Waals surface area contributed by atoms with Crippen LogP contribution in [0.2, 0.25) is 0 Å². The Bertz CT molecular complexity index is 576. The van der Waals surface area contributed by atoms with Gasteiger partial charge in [0.1, 0.15) is 11.9 Å². The number of benzene rings is 1. The van der Waals surface area contributed by atoms with Gasteiger partial charge in [-0.05, 0) is 69.1 Å². The minimum absolute atomic E-state index is 0.171. The number of amides is 1. The molecule has 25 heavy (non-hydrogen) atoms. The van der Waals surface area contributed by atoms with Gasteiger partial charge < -0.3 is 14.4 Å². The maximum atomic E-state index is 13.0. The zero-order valence-electron chi connectivity index (χ0n) is 15.7. The molecule has 2 fully saturated rings. The van der Waals surface area contributed by atoms with E-state index in [0.29, 0.717) is 18.7 Å². The van der Waals surface area contributed by atoms with E-state index < -0.39 is 6.10 Å². The summed E-state index contributed by atoms with van der Waals surface area (Å²) in [6, 6.07) is 8.69. The Balaban J connectivity index is 1.57. The fraction of sp³-hybridized carbons (Fsp3) is 0.667. The van der Waals surface area contributed by atoms with Gasteiger partial charge in [0.05, 0.1) is 13.7 Å². The summed E-state index contributed by atoms with van der Waals surface area (Å²) < 4.78 is 11.2. The van der Waals surface area contributed by atoms with Gasteiger partial charge in [0.15, 0.2) is 0 Å². The van der Waals surface area contributed by atoms with Crippen LogP contribution >= 0.6 is 0 Å². The van der Waals surface area contributed by atoms with E-state index in [2.05, 4.69) is 11.8 Å². The number of carbonyl (C=O) groups excluding carboxylic acids is 1. The SMILES string of the molecule is COc1cccc(COC(C)C(=O)N(C2CCC(C)CC2)C2CC2)c1. The average Bonchev–Trinajstić information content (AvgIpc) is 3.46. The van der Waals surface area contributed by atoms with Gasteiger partial charge in [-0.3, -0.25) is 4.79 Å². The molecule has 0 heterocycles. The molecule has 2 aliphatic rings. The molecule has 0 saturated heterocycles. The molecule has 3 rings (SSSR count). The summed E-state index contributed by atoms with van der Waals surface area (Å²) in [6.45, 7) is 4.65. The van der Waals surface area contributed by atoms with Gasteiger partial charge in [-0.2, -0.15) is 0 Å².